The van der Waals surface area contributed by atoms with Gasteiger partial charge in [-0.25, -0.2) is 0 Å². The van der Waals surface area contributed by atoms with E-state index in [0.717, 1.165) is 0 Å². The minimum Gasteiger partial charge on any atom is -0.485 e. The van der Waals surface area contributed by atoms with E-state index in [0.29, 0.717) is 0 Å². The van der Waals surface area contributed by atoms with E-state index in [1.807, 2.05) is 0 Å². The Kier molecular flexibility index (Phi) is 2.75. The van der Waals surface area contributed by atoms with Crippen LogP contribution < -0.4 is 11.1 Å². The molecule has 0 saturated carbocycles. The largest absolute Gasteiger partial charge is 0.485 e. The van der Waals surface area contributed by atoms with Crippen molar-refractivity contribution in [2.24, 2.45) is 5.73 Å². The normalized spacial score (nSPS) is 26.8. The Morgan fingerprint density at radius 2 is 2.21 bits per heavy atom. The van der Waals surface area contributed by atoms with E-state index in [4.69, 9.17) is 5.73 Å². The highest BCUT2D eigenvalue weighted by atomic mass is 19.4. The molecular formula is C8H11F3N2O. The van der Waals surface area contributed by atoms with Crippen molar-refractivity contribution in [1.29, 1.82) is 0 Å². The molecule has 1 unspecified atom stereocenters. The average molecular weight is 208 g/mol. The molecule has 0 aromatic heterocycles. The number of rotatable bonds is 2. The van der Waals surface area contributed by atoms with Gasteiger partial charge in [-0.15, -0.1) is 0 Å². The number of halogens is 3. The third-order valence-corrected chi connectivity index (χ3v) is 1.63. The Balaban J connectivity index is 2.59. The SMILES string of the molecule is CC1(N)NC=CC=C1OCC(F)(F)F. The van der Waals surface area contributed by atoms with Crippen molar-refractivity contribution < 1.29 is 17.9 Å². The maximum absolute atomic E-state index is 11.8. The number of alkyl halides is 3. The monoisotopic (exact) mass is 208 g/mol. The molecule has 1 aliphatic rings. The van der Waals surface area contributed by atoms with Crippen molar-refractivity contribution in [3.63, 3.8) is 0 Å². The molecule has 1 rings (SSSR count). The summed E-state index contributed by atoms with van der Waals surface area (Å²) in [5, 5.41) is 2.68. The van der Waals surface area contributed by atoms with Gasteiger partial charge in [0.25, 0.3) is 0 Å². The summed E-state index contributed by atoms with van der Waals surface area (Å²) < 4.78 is 40.1. The maximum atomic E-state index is 11.8. The topological polar surface area (TPSA) is 47.3 Å². The van der Waals surface area contributed by atoms with E-state index in [9.17, 15) is 13.2 Å². The summed E-state index contributed by atoms with van der Waals surface area (Å²) >= 11 is 0. The summed E-state index contributed by atoms with van der Waals surface area (Å²) in [6.45, 7) is 0.194. The van der Waals surface area contributed by atoms with Crippen LogP contribution >= 0.6 is 0 Å². The summed E-state index contributed by atoms with van der Waals surface area (Å²) in [6.07, 6.45) is 0.126. The molecule has 0 bridgehead atoms. The first-order chi connectivity index (χ1) is 6.31. The lowest BCUT2D eigenvalue weighted by Crippen LogP contribution is -2.52. The number of hydrogen-bond acceptors (Lipinski definition) is 3. The van der Waals surface area contributed by atoms with Crippen LogP contribution in [0.2, 0.25) is 0 Å². The number of nitrogens with one attached hydrogen (secondary N) is 1. The highest BCUT2D eigenvalue weighted by Gasteiger charge is 2.32. The lowest BCUT2D eigenvalue weighted by Gasteiger charge is -2.30. The molecule has 3 nitrogen and oxygen atoms in total. The van der Waals surface area contributed by atoms with Crippen LogP contribution in [0.25, 0.3) is 0 Å². The first kappa shape index (κ1) is 10.9. The predicted octanol–water partition coefficient (Wildman–Crippen LogP) is 1.24. The van der Waals surface area contributed by atoms with Gasteiger partial charge in [-0.2, -0.15) is 13.2 Å². The summed E-state index contributed by atoms with van der Waals surface area (Å²) in [5.74, 6) is 0.0670. The van der Waals surface area contributed by atoms with E-state index >= 15 is 0 Å². The van der Waals surface area contributed by atoms with Crippen LogP contribution in [0.15, 0.2) is 24.1 Å². The lowest BCUT2D eigenvalue weighted by molar-refractivity contribution is -0.167. The van der Waals surface area contributed by atoms with Gasteiger partial charge in [-0.1, -0.05) is 0 Å². The van der Waals surface area contributed by atoms with Crippen molar-refractivity contribution in [1.82, 2.24) is 5.32 Å². The quantitative estimate of drug-likeness (QED) is 0.717. The predicted molar refractivity (Wildman–Crippen MR) is 45.0 cm³/mol. The highest BCUT2D eigenvalue weighted by molar-refractivity contribution is 5.22. The second-order valence-electron chi connectivity index (χ2n) is 3.14. The average Bonchev–Trinajstić information content (AvgIpc) is 2.00. The Labute approximate surface area is 79.4 Å². The van der Waals surface area contributed by atoms with E-state index in [1.54, 1.807) is 6.20 Å². The maximum Gasteiger partial charge on any atom is 0.422 e. The number of nitrogens with two attached hydrogens (primary N) is 1. The van der Waals surface area contributed by atoms with Crippen LogP contribution in [0.4, 0.5) is 13.2 Å². The Morgan fingerprint density at radius 3 is 2.71 bits per heavy atom. The molecule has 6 heteroatoms. The fraction of sp³-hybridized carbons (Fsp3) is 0.500. The second kappa shape index (κ2) is 3.53. The zero-order valence-corrected chi connectivity index (χ0v) is 7.56. The van der Waals surface area contributed by atoms with Crippen LogP contribution in [-0.2, 0) is 4.74 Å². The summed E-state index contributed by atoms with van der Waals surface area (Å²) in [5.41, 5.74) is 4.55. The number of dihydropyridines is 1. The zero-order chi connectivity index (χ0) is 10.8. The Bertz CT molecular complexity index is 268. The fourth-order valence-electron chi connectivity index (χ4n) is 0.959. The van der Waals surface area contributed by atoms with Crippen LogP contribution in [0, 0.1) is 0 Å². The smallest absolute Gasteiger partial charge is 0.422 e. The molecular weight excluding hydrogens is 197 g/mol. The van der Waals surface area contributed by atoms with Crippen LogP contribution in [0.3, 0.4) is 0 Å². The van der Waals surface area contributed by atoms with Crippen molar-refractivity contribution in [3.05, 3.63) is 24.1 Å². The lowest BCUT2D eigenvalue weighted by atomic mass is 10.1. The van der Waals surface area contributed by atoms with Crippen molar-refractivity contribution >= 4 is 0 Å². The summed E-state index contributed by atoms with van der Waals surface area (Å²) in [6, 6.07) is 0. The first-order valence-corrected chi connectivity index (χ1v) is 3.95. The molecule has 1 aliphatic heterocycles. The third kappa shape index (κ3) is 2.95. The van der Waals surface area contributed by atoms with Gasteiger partial charge in [0.2, 0.25) is 0 Å². The molecule has 3 N–H and O–H groups in total. The minimum absolute atomic E-state index is 0.0670. The van der Waals surface area contributed by atoms with Crippen molar-refractivity contribution in [2.75, 3.05) is 6.61 Å². The number of allylic oxidation sites excluding steroid dienone is 2. The molecule has 1 atom stereocenters. The molecule has 0 aliphatic carbocycles. The second-order valence-corrected chi connectivity index (χ2v) is 3.14. The number of ether oxygens (including phenoxy) is 1. The van der Waals surface area contributed by atoms with E-state index in [2.05, 4.69) is 10.1 Å². The summed E-state index contributed by atoms with van der Waals surface area (Å²) in [4.78, 5) is 0. The first-order valence-electron chi connectivity index (χ1n) is 3.95. The third-order valence-electron chi connectivity index (χ3n) is 1.63. The van der Waals surface area contributed by atoms with E-state index in [-0.39, 0.29) is 5.76 Å². The van der Waals surface area contributed by atoms with E-state index < -0.39 is 18.4 Å². The molecule has 80 valence electrons. The van der Waals surface area contributed by atoms with E-state index in [1.165, 1.54) is 19.1 Å². The molecule has 14 heavy (non-hydrogen) atoms. The van der Waals surface area contributed by atoms with Gasteiger partial charge in [0, 0.05) is 0 Å². The standard InChI is InChI=1S/C8H11F3N2O/c1-7(12)6(3-2-4-13-7)14-5-8(9,10)11/h2-4,13H,5,12H2,1H3. The van der Waals surface area contributed by atoms with Crippen molar-refractivity contribution in [3.8, 4) is 0 Å². The van der Waals surface area contributed by atoms with Gasteiger partial charge in [0.05, 0.1) is 0 Å². The fourth-order valence-corrected chi connectivity index (χ4v) is 0.959. The molecule has 0 amide bonds. The minimum atomic E-state index is -4.35. The van der Waals surface area contributed by atoms with Crippen LogP contribution in [0.1, 0.15) is 6.92 Å². The summed E-state index contributed by atoms with van der Waals surface area (Å²) in [7, 11) is 0. The van der Waals surface area contributed by atoms with Gasteiger partial charge in [0.15, 0.2) is 6.61 Å². The molecule has 0 radical (unpaired) electrons. The van der Waals surface area contributed by atoms with Gasteiger partial charge in [-0.3, -0.25) is 0 Å². The zero-order valence-electron chi connectivity index (χ0n) is 7.56. The highest BCUT2D eigenvalue weighted by Crippen LogP contribution is 2.21. The molecule has 0 spiro atoms. The molecule has 0 saturated heterocycles. The molecule has 1 heterocycles. The molecule has 0 fully saturated rings. The Hall–Kier alpha value is -1.17. The van der Waals surface area contributed by atoms with Gasteiger partial charge in [-0.05, 0) is 25.3 Å². The van der Waals surface area contributed by atoms with Gasteiger partial charge < -0.3 is 15.8 Å². The Morgan fingerprint density at radius 1 is 1.57 bits per heavy atom. The van der Waals surface area contributed by atoms with Crippen LogP contribution in [-0.4, -0.2) is 18.4 Å². The number of hydrogen-bond donors (Lipinski definition) is 2. The van der Waals surface area contributed by atoms with Gasteiger partial charge >= 0.3 is 6.18 Å². The van der Waals surface area contributed by atoms with Gasteiger partial charge in [0.1, 0.15) is 11.4 Å². The van der Waals surface area contributed by atoms with Crippen LogP contribution in [0.5, 0.6) is 0 Å². The van der Waals surface area contributed by atoms with Crippen molar-refractivity contribution in [2.45, 2.75) is 18.8 Å². The molecule has 0 aromatic carbocycles. The molecule has 0 aromatic rings.